The molecule has 2 aliphatic rings. The van der Waals surface area contributed by atoms with Gasteiger partial charge in [-0.1, -0.05) is 41.9 Å². The fraction of sp³-hybridized carbons (Fsp3) is 0.318. The Morgan fingerprint density at radius 2 is 1.63 bits per heavy atom. The van der Waals surface area contributed by atoms with Crippen LogP contribution in [0.1, 0.15) is 18.4 Å². The Kier molecular flexibility index (Phi) is 5.63. The smallest absolute Gasteiger partial charge is 0.322 e. The van der Waals surface area contributed by atoms with Crippen LogP contribution in [0.2, 0.25) is 5.02 Å². The predicted octanol–water partition coefficient (Wildman–Crippen LogP) is 2.50. The van der Waals surface area contributed by atoms with Crippen molar-refractivity contribution in [2.45, 2.75) is 18.4 Å². The van der Waals surface area contributed by atoms with E-state index in [9.17, 15) is 14.4 Å². The molecule has 2 heterocycles. The largest absolute Gasteiger partial charge is 0.368 e. The van der Waals surface area contributed by atoms with E-state index in [1.165, 1.54) is 0 Å². The number of carbonyl (C=O) groups is 3. The zero-order valence-corrected chi connectivity index (χ0v) is 17.2. The molecule has 4 rings (SSSR count). The van der Waals surface area contributed by atoms with Crippen LogP contribution in [0.3, 0.4) is 0 Å². The molecule has 0 aromatic heterocycles. The summed E-state index contributed by atoms with van der Waals surface area (Å²) >= 11 is 5.95. The lowest BCUT2D eigenvalue weighted by Gasteiger charge is -2.36. The zero-order chi connectivity index (χ0) is 21.1. The first-order valence-corrected chi connectivity index (χ1v) is 10.3. The van der Waals surface area contributed by atoms with Gasteiger partial charge in [-0.15, -0.1) is 0 Å². The Labute approximate surface area is 180 Å². The summed E-state index contributed by atoms with van der Waals surface area (Å²) in [4.78, 5) is 41.3. The van der Waals surface area contributed by atoms with Crippen LogP contribution in [0.5, 0.6) is 0 Å². The third-order valence-electron chi connectivity index (χ3n) is 5.75. The van der Waals surface area contributed by atoms with Crippen LogP contribution in [0, 0.1) is 0 Å². The van der Waals surface area contributed by atoms with E-state index in [2.05, 4.69) is 15.5 Å². The lowest BCUT2D eigenvalue weighted by atomic mass is 9.85. The molecule has 7 nitrogen and oxygen atoms in total. The van der Waals surface area contributed by atoms with Crippen LogP contribution >= 0.6 is 11.6 Å². The summed E-state index contributed by atoms with van der Waals surface area (Å²) in [6, 6.07) is 16.2. The minimum atomic E-state index is -1.21. The number of carbonyl (C=O) groups excluding carboxylic acids is 3. The van der Waals surface area contributed by atoms with Crippen molar-refractivity contribution in [3.8, 4) is 0 Å². The highest BCUT2D eigenvalue weighted by molar-refractivity contribution is 6.30. The molecule has 0 bridgehead atoms. The molecular weight excluding hydrogens is 404 g/mol. The molecule has 2 saturated heterocycles. The highest BCUT2D eigenvalue weighted by atomic mass is 35.5. The molecule has 2 aliphatic heterocycles. The van der Waals surface area contributed by atoms with Gasteiger partial charge in [0.15, 0.2) is 0 Å². The molecule has 0 saturated carbocycles. The Balaban J connectivity index is 1.38. The van der Waals surface area contributed by atoms with Gasteiger partial charge in [0.1, 0.15) is 5.54 Å². The number of anilines is 1. The first kappa shape index (κ1) is 20.2. The van der Waals surface area contributed by atoms with Crippen molar-refractivity contribution in [1.82, 2.24) is 15.5 Å². The van der Waals surface area contributed by atoms with Crippen molar-refractivity contribution in [1.29, 1.82) is 0 Å². The number of benzene rings is 2. The Bertz CT molecular complexity index is 943. The molecule has 1 atom stereocenters. The van der Waals surface area contributed by atoms with Crippen LogP contribution in [0.4, 0.5) is 10.5 Å². The van der Waals surface area contributed by atoms with Gasteiger partial charge in [0, 0.05) is 43.3 Å². The van der Waals surface area contributed by atoms with E-state index in [1.807, 2.05) is 47.4 Å². The summed E-state index contributed by atoms with van der Waals surface area (Å²) < 4.78 is 0. The SMILES string of the molecule is O=C1NC(=O)C(CCC(=O)N2CCN(c3ccc(Cl)cc3)CC2)(c2ccccc2)N1. The fourth-order valence-electron chi connectivity index (χ4n) is 4.06. The molecule has 8 heteroatoms. The summed E-state index contributed by atoms with van der Waals surface area (Å²) in [7, 11) is 0. The summed E-state index contributed by atoms with van der Waals surface area (Å²) in [6.45, 7) is 2.68. The molecule has 30 heavy (non-hydrogen) atoms. The van der Waals surface area contributed by atoms with E-state index in [-0.39, 0.29) is 18.7 Å². The quantitative estimate of drug-likeness (QED) is 0.720. The third-order valence-corrected chi connectivity index (χ3v) is 6.00. The van der Waals surface area contributed by atoms with Gasteiger partial charge in [0.05, 0.1) is 0 Å². The second-order valence-electron chi connectivity index (χ2n) is 7.52. The summed E-state index contributed by atoms with van der Waals surface area (Å²) in [5.74, 6) is -0.436. The third kappa shape index (κ3) is 3.98. The van der Waals surface area contributed by atoms with Crippen molar-refractivity contribution in [2.75, 3.05) is 31.1 Å². The minimum absolute atomic E-state index is 0.0185. The molecule has 4 amide bonds. The summed E-state index contributed by atoms with van der Waals surface area (Å²) in [6.07, 6.45) is 0.383. The number of urea groups is 1. The molecule has 1 unspecified atom stereocenters. The van der Waals surface area contributed by atoms with Crippen molar-refractivity contribution in [3.63, 3.8) is 0 Å². The molecule has 0 aliphatic carbocycles. The second kappa shape index (κ2) is 8.36. The van der Waals surface area contributed by atoms with Gasteiger partial charge in [-0.25, -0.2) is 4.79 Å². The van der Waals surface area contributed by atoms with E-state index < -0.39 is 17.5 Å². The first-order chi connectivity index (χ1) is 14.5. The molecule has 2 fully saturated rings. The van der Waals surface area contributed by atoms with Crippen LogP contribution in [-0.4, -0.2) is 48.9 Å². The van der Waals surface area contributed by atoms with Gasteiger partial charge in [-0.3, -0.25) is 14.9 Å². The van der Waals surface area contributed by atoms with Crippen molar-refractivity contribution in [3.05, 3.63) is 65.2 Å². The number of hydrogen-bond acceptors (Lipinski definition) is 4. The normalized spacial score (nSPS) is 21.4. The second-order valence-corrected chi connectivity index (χ2v) is 7.96. The van der Waals surface area contributed by atoms with Gasteiger partial charge in [0.2, 0.25) is 5.91 Å². The lowest BCUT2D eigenvalue weighted by Crippen LogP contribution is -2.50. The fourth-order valence-corrected chi connectivity index (χ4v) is 4.18. The van der Waals surface area contributed by atoms with Gasteiger partial charge in [-0.2, -0.15) is 0 Å². The number of piperazine rings is 1. The maximum Gasteiger partial charge on any atom is 0.322 e. The molecule has 2 N–H and O–H groups in total. The molecule has 2 aromatic carbocycles. The Morgan fingerprint density at radius 3 is 2.23 bits per heavy atom. The highest BCUT2D eigenvalue weighted by Gasteiger charge is 2.47. The van der Waals surface area contributed by atoms with E-state index in [4.69, 9.17) is 11.6 Å². The molecule has 156 valence electrons. The van der Waals surface area contributed by atoms with Gasteiger partial charge < -0.3 is 15.1 Å². The van der Waals surface area contributed by atoms with Crippen molar-refractivity contribution < 1.29 is 14.4 Å². The van der Waals surface area contributed by atoms with Gasteiger partial charge in [-0.05, 0) is 36.2 Å². The van der Waals surface area contributed by atoms with Crippen molar-refractivity contribution >= 4 is 35.1 Å². The zero-order valence-electron chi connectivity index (χ0n) is 16.4. The Hall–Kier alpha value is -3.06. The molecule has 0 radical (unpaired) electrons. The number of nitrogens with one attached hydrogen (secondary N) is 2. The predicted molar refractivity (Wildman–Crippen MR) is 114 cm³/mol. The number of rotatable bonds is 5. The number of amides is 4. The summed E-state index contributed by atoms with van der Waals surface area (Å²) in [5.41, 5.74) is 0.549. The van der Waals surface area contributed by atoms with Gasteiger partial charge >= 0.3 is 6.03 Å². The lowest BCUT2D eigenvalue weighted by molar-refractivity contribution is -0.132. The van der Waals surface area contributed by atoms with Crippen molar-refractivity contribution in [2.24, 2.45) is 0 Å². The van der Waals surface area contributed by atoms with Crippen LogP contribution < -0.4 is 15.5 Å². The monoisotopic (exact) mass is 426 g/mol. The highest BCUT2D eigenvalue weighted by Crippen LogP contribution is 2.30. The van der Waals surface area contributed by atoms with Crippen LogP contribution in [0.25, 0.3) is 0 Å². The molecule has 2 aromatic rings. The first-order valence-electron chi connectivity index (χ1n) is 9.95. The van der Waals surface area contributed by atoms with E-state index in [1.54, 1.807) is 12.1 Å². The number of halogens is 1. The van der Waals surface area contributed by atoms with Crippen LogP contribution in [-0.2, 0) is 15.1 Å². The standard InChI is InChI=1S/C22H23ClN4O3/c23-17-6-8-18(9-7-17)26-12-14-27(15-13-26)19(28)10-11-22(16-4-2-1-3-5-16)20(29)24-21(30)25-22/h1-9H,10-15H2,(H2,24,25,29,30). The Morgan fingerprint density at radius 1 is 0.967 bits per heavy atom. The average Bonchev–Trinajstić information content (AvgIpc) is 3.07. The topological polar surface area (TPSA) is 81.8 Å². The minimum Gasteiger partial charge on any atom is -0.368 e. The van der Waals surface area contributed by atoms with E-state index in [0.29, 0.717) is 23.7 Å². The summed E-state index contributed by atoms with van der Waals surface area (Å²) in [5, 5.41) is 5.74. The van der Waals surface area contributed by atoms with E-state index in [0.717, 1.165) is 18.8 Å². The molecular formula is C22H23ClN4O3. The van der Waals surface area contributed by atoms with Gasteiger partial charge in [0.25, 0.3) is 5.91 Å². The van der Waals surface area contributed by atoms with E-state index >= 15 is 0 Å². The van der Waals surface area contributed by atoms with Crippen LogP contribution in [0.15, 0.2) is 54.6 Å². The number of imide groups is 1. The average molecular weight is 427 g/mol. The maximum absolute atomic E-state index is 12.8. The number of hydrogen-bond donors (Lipinski definition) is 2. The number of nitrogens with zero attached hydrogens (tertiary/aromatic N) is 2. The molecule has 0 spiro atoms. The maximum atomic E-state index is 12.8.